The number of ether oxygens (including phenoxy) is 4. The van der Waals surface area contributed by atoms with Gasteiger partial charge in [0.15, 0.2) is 6.04 Å². The third kappa shape index (κ3) is 6.15. The molecule has 1 atom stereocenters. The minimum Gasteiger partial charge on any atom is -0.497 e. The lowest BCUT2D eigenvalue weighted by Gasteiger charge is -2.42. The van der Waals surface area contributed by atoms with Crippen LogP contribution < -0.4 is 4.74 Å². The van der Waals surface area contributed by atoms with E-state index in [2.05, 4.69) is 0 Å². The molecule has 1 aliphatic heterocycles. The van der Waals surface area contributed by atoms with Crippen LogP contribution in [-0.2, 0) is 19.0 Å². The van der Waals surface area contributed by atoms with Gasteiger partial charge in [-0.25, -0.2) is 14.4 Å². The fraction of sp³-hybridized carbons (Fsp3) is 0.522. The standard InChI is InChI=1S/C23H32N2O7/c1-22(2,3)31-20(27)24-17(15-10-9-11-16(14-15)29-7)12-13-18(19(26)30-8)25(24)21(28)32-23(4,5)6/h9-12,14,18H,13H2,1-8H3/t18-/m1/s1. The van der Waals surface area contributed by atoms with E-state index >= 15 is 0 Å². The average molecular weight is 449 g/mol. The topological polar surface area (TPSA) is 94.6 Å². The van der Waals surface area contributed by atoms with Crippen molar-refractivity contribution in [3.8, 4) is 5.75 Å². The number of carbonyl (C=O) groups excluding carboxylic acids is 3. The van der Waals surface area contributed by atoms with Crippen LogP contribution in [-0.4, -0.2) is 59.6 Å². The predicted octanol–water partition coefficient (Wildman–Crippen LogP) is 4.37. The SMILES string of the molecule is COC(=O)[C@H]1CC=C(c2cccc(OC)c2)N(C(=O)OC(C)(C)C)N1C(=O)OC(C)(C)C. The highest BCUT2D eigenvalue weighted by Crippen LogP contribution is 2.34. The molecule has 0 N–H and O–H groups in total. The Bertz CT molecular complexity index is 896. The van der Waals surface area contributed by atoms with Gasteiger partial charge in [0.05, 0.1) is 19.9 Å². The maximum absolute atomic E-state index is 13.3. The molecule has 0 aromatic heterocycles. The minimum atomic E-state index is -1.11. The summed E-state index contributed by atoms with van der Waals surface area (Å²) in [5.74, 6) is -0.128. The molecule has 176 valence electrons. The summed E-state index contributed by atoms with van der Waals surface area (Å²) >= 11 is 0. The summed E-state index contributed by atoms with van der Waals surface area (Å²) in [7, 11) is 2.75. The van der Waals surface area contributed by atoms with Crippen LogP contribution in [0.5, 0.6) is 5.75 Å². The van der Waals surface area contributed by atoms with E-state index in [-0.39, 0.29) is 6.42 Å². The number of amides is 2. The molecule has 9 nitrogen and oxygen atoms in total. The Kier molecular flexibility index (Phi) is 7.43. The number of hydrazine groups is 1. The van der Waals surface area contributed by atoms with Crippen LogP contribution in [0.2, 0.25) is 0 Å². The third-order valence-corrected chi connectivity index (χ3v) is 4.26. The van der Waals surface area contributed by atoms with Gasteiger partial charge in [0, 0.05) is 12.0 Å². The molecule has 1 aliphatic rings. The lowest BCUT2D eigenvalue weighted by atomic mass is 10.0. The summed E-state index contributed by atoms with van der Waals surface area (Å²) in [6.45, 7) is 10.2. The Morgan fingerprint density at radius 1 is 0.938 bits per heavy atom. The largest absolute Gasteiger partial charge is 0.497 e. The molecule has 0 aliphatic carbocycles. The van der Waals surface area contributed by atoms with Gasteiger partial charge in [-0.05, 0) is 53.7 Å². The Hall–Kier alpha value is -3.23. The van der Waals surface area contributed by atoms with E-state index in [1.807, 2.05) is 0 Å². The molecule has 0 saturated carbocycles. The van der Waals surface area contributed by atoms with E-state index in [9.17, 15) is 14.4 Å². The molecule has 0 radical (unpaired) electrons. The number of hydrogen-bond donors (Lipinski definition) is 0. The monoisotopic (exact) mass is 448 g/mol. The van der Waals surface area contributed by atoms with Gasteiger partial charge in [0.2, 0.25) is 0 Å². The third-order valence-electron chi connectivity index (χ3n) is 4.26. The zero-order chi connectivity index (χ0) is 24.3. The first-order valence-electron chi connectivity index (χ1n) is 10.2. The smallest absolute Gasteiger partial charge is 0.434 e. The normalized spacial score (nSPS) is 16.8. The lowest BCUT2D eigenvalue weighted by molar-refractivity contribution is -0.152. The molecule has 1 aromatic carbocycles. The number of hydrogen-bond acceptors (Lipinski definition) is 7. The Labute approximate surface area is 188 Å². The summed E-state index contributed by atoms with van der Waals surface area (Å²) in [6.07, 6.45) is 0.0668. The van der Waals surface area contributed by atoms with Gasteiger partial charge < -0.3 is 18.9 Å². The molecular formula is C23H32N2O7. The van der Waals surface area contributed by atoms with Crippen molar-refractivity contribution in [1.29, 1.82) is 0 Å². The summed E-state index contributed by atoms with van der Waals surface area (Å²) in [4.78, 5) is 39.1. The van der Waals surface area contributed by atoms with Gasteiger partial charge >= 0.3 is 18.2 Å². The molecule has 1 aromatic rings. The van der Waals surface area contributed by atoms with Crippen LogP contribution in [0.25, 0.3) is 5.70 Å². The van der Waals surface area contributed by atoms with Crippen molar-refractivity contribution in [2.45, 2.75) is 65.2 Å². The molecule has 0 bridgehead atoms. The number of methoxy groups -OCH3 is 2. The van der Waals surface area contributed by atoms with E-state index < -0.39 is 35.4 Å². The summed E-state index contributed by atoms with van der Waals surface area (Å²) in [5.41, 5.74) is -0.778. The molecule has 9 heteroatoms. The molecule has 2 amide bonds. The van der Waals surface area contributed by atoms with Crippen molar-refractivity contribution >= 4 is 23.9 Å². The van der Waals surface area contributed by atoms with Crippen LogP contribution in [0, 0.1) is 0 Å². The van der Waals surface area contributed by atoms with Crippen LogP contribution in [0.1, 0.15) is 53.5 Å². The fourth-order valence-corrected chi connectivity index (χ4v) is 3.03. The zero-order valence-corrected chi connectivity index (χ0v) is 19.9. The summed E-state index contributed by atoms with van der Waals surface area (Å²) in [6, 6.07) is 5.88. The Morgan fingerprint density at radius 2 is 1.53 bits per heavy atom. The van der Waals surface area contributed by atoms with Crippen molar-refractivity contribution in [3.05, 3.63) is 35.9 Å². The molecule has 1 heterocycles. The van der Waals surface area contributed by atoms with E-state index in [1.165, 1.54) is 14.2 Å². The molecule has 0 spiro atoms. The Morgan fingerprint density at radius 3 is 2.06 bits per heavy atom. The number of benzene rings is 1. The van der Waals surface area contributed by atoms with Gasteiger partial charge in [-0.15, -0.1) is 0 Å². The van der Waals surface area contributed by atoms with E-state index in [0.29, 0.717) is 17.0 Å². The highest BCUT2D eigenvalue weighted by atomic mass is 16.6. The van der Waals surface area contributed by atoms with Crippen molar-refractivity contribution in [2.75, 3.05) is 14.2 Å². The molecular weight excluding hydrogens is 416 g/mol. The second-order valence-corrected chi connectivity index (χ2v) is 9.21. The second kappa shape index (κ2) is 9.50. The predicted molar refractivity (Wildman–Crippen MR) is 118 cm³/mol. The quantitative estimate of drug-likeness (QED) is 0.500. The highest BCUT2D eigenvalue weighted by molar-refractivity contribution is 5.90. The fourth-order valence-electron chi connectivity index (χ4n) is 3.03. The van der Waals surface area contributed by atoms with E-state index in [1.54, 1.807) is 71.9 Å². The minimum absolute atomic E-state index is 0.109. The average Bonchev–Trinajstić information content (AvgIpc) is 2.69. The first-order chi connectivity index (χ1) is 14.8. The summed E-state index contributed by atoms with van der Waals surface area (Å²) < 4.78 is 21.3. The number of esters is 1. The van der Waals surface area contributed by atoms with Crippen molar-refractivity contribution < 1.29 is 33.3 Å². The summed E-state index contributed by atoms with van der Waals surface area (Å²) in [5, 5.41) is 1.99. The molecule has 32 heavy (non-hydrogen) atoms. The second-order valence-electron chi connectivity index (χ2n) is 9.21. The van der Waals surface area contributed by atoms with Crippen molar-refractivity contribution in [3.63, 3.8) is 0 Å². The van der Waals surface area contributed by atoms with Crippen LogP contribution >= 0.6 is 0 Å². The van der Waals surface area contributed by atoms with Gasteiger partial charge in [-0.1, -0.05) is 18.2 Å². The van der Waals surface area contributed by atoms with Gasteiger partial charge in [0.1, 0.15) is 17.0 Å². The van der Waals surface area contributed by atoms with Crippen LogP contribution in [0.3, 0.4) is 0 Å². The van der Waals surface area contributed by atoms with Crippen LogP contribution in [0.15, 0.2) is 30.3 Å². The maximum atomic E-state index is 13.3. The Balaban J connectivity index is 2.66. The van der Waals surface area contributed by atoms with E-state index in [0.717, 1.165) is 10.0 Å². The molecule has 0 saturated heterocycles. The van der Waals surface area contributed by atoms with E-state index in [4.69, 9.17) is 18.9 Å². The number of nitrogens with zero attached hydrogens (tertiary/aromatic N) is 2. The van der Waals surface area contributed by atoms with Gasteiger partial charge in [-0.3, -0.25) is 0 Å². The maximum Gasteiger partial charge on any atom is 0.434 e. The number of rotatable bonds is 3. The highest BCUT2D eigenvalue weighted by Gasteiger charge is 2.45. The molecule has 0 fully saturated rings. The van der Waals surface area contributed by atoms with Crippen LogP contribution in [0.4, 0.5) is 9.59 Å². The van der Waals surface area contributed by atoms with Crippen molar-refractivity contribution in [1.82, 2.24) is 10.0 Å². The zero-order valence-electron chi connectivity index (χ0n) is 19.9. The molecule has 0 unspecified atom stereocenters. The lowest BCUT2D eigenvalue weighted by Crippen LogP contribution is -2.59. The molecule has 2 rings (SSSR count). The van der Waals surface area contributed by atoms with Gasteiger partial charge in [0.25, 0.3) is 0 Å². The van der Waals surface area contributed by atoms with Gasteiger partial charge in [-0.2, -0.15) is 10.0 Å². The number of carbonyl (C=O) groups is 3. The first-order valence-corrected chi connectivity index (χ1v) is 10.2. The first kappa shape index (κ1) is 25.0. The van der Waals surface area contributed by atoms with Crippen molar-refractivity contribution in [2.24, 2.45) is 0 Å².